The molecule has 1 N–H and O–H groups in total. The number of benzene rings is 1. The van der Waals surface area contributed by atoms with E-state index in [4.69, 9.17) is 14.6 Å². The summed E-state index contributed by atoms with van der Waals surface area (Å²) in [6.07, 6.45) is 0. The molecule has 1 heterocycles. The summed E-state index contributed by atoms with van der Waals surface area (Å²) in [5.74, 6) is -1.87. The monoisotopic (exact) mass is 345 g/mol. The lowest BCUT2D eigenvalue weighted by Gasteiger charge is -2.12. The molecule has 0 aliphatic carbocycles. The summed E-state index contributed by atoms with van der Waals surface area (Å²) >= 11 is 3.06. The van der Waals surface area contributed by atoms with Crippen molar-refractivity contribution < 1.29 is 28.3 Å². The molecule has 0 amide bonds. The van der Waals surface area contributed by atoms with Gasteiger partial charge in [-0.15, -0.1) is 0 Å². The van der Waals surface area contributed by atoms with Crippen molar-refractivity contribution in [2.45, 2.75) is 0 Å². The van der Waals surface area contributed by atoms with Crippen LogP contribution in [0, 0.1) is 5.82 Å². The molecular formula is C12H9BrFNO5. The molecule has 0 saturated carbocycles. The van der Waals surface area contributed by atoms with Crippen molar-refractivity contribution in [3.05, 3.63) is 28.2 Å². The maximum atomic E-state index is 14.3. The first-order valence-corrected chi connectivity index (χ1v) is 6.09. The van der Waals surface area contributed by atoms with Crippen LogP contribution in [-0.2, 0) is 0 Å². The highest BCUT2D eigenvalue weighted by molar-refractivity contribution is 9.10. The second-order valence-corrected chi connectivity index (χ2v) is 4.46. The Labute approximate surface area is 121 Å². The smallest absolute Gasteiger partial charge is 0.374 e. The maximum absolute atomic E-state index is 14.3. The molecule has 6 nitrogen and oxygen atoms in total. The Bertz CT molecular complexity index is 670. The predicted octanol–water partition coefficient (Wildman–Crippen LogP) is 2.96. The van der Waals surface area contributed by atoms with E-state index in [-0.39, 0.29) is 33.0 Å². The number of carbonyl (C=O) groups is 1. The number of carboxylic acid groups (broad SMARTS) is 1. The highest BCUT2D eigenvalue weighted by Crippen LogP contribution is 2.41. The summed E-state index contributed by atoms with van der Waals surface area (Å²) < 4.78 is 29.0. The average Bonchev–Trinajstić information content (AvgIpc) is 2.91. The van der Waals surface area contributed by atoms with Crippen LogP contribution in [0.4, 0.5) is 4.39 Å². The SMILES string of the molecule is COc1cc(-c2cc(C(=O)O)on2)c(F)c(Br)c1OC. The van der Waals surface area contributed by atoms with E-state index in [0.29, 0.717) is 0 Å². The topological polar surface area (TPSA) is 81.8 Å². The molecule has 0 saturated heterocycles. The van der Waals surface area contributed by atoms with Crippen LogP contribution in [0.15, 0.2) is 21.1 Å². The van der Waals surface area contributed by atoms with Crippen LogP contribution >= 0.6 is 15.9 Å². The summed E-state index contributed by atoms with van der Waals surface area (Å²) in [7, 11) is 2.78. The Morgan fingerprint density at radius 2 is 2.10 bits per heavy atom. The first-order chi connectivity index (χ1) is 9.49. The zero-order valence-corrected chi connectivity index (χ0v) is 12.0. The molecule has 0 atom stereocenters. The Kier molecular flexibility index (Phi) is 3.93. The predicted molar refractivity (Wildman–Crippen MR) is 69.7 cm³/mol. The van der Waals surface area contributed by atoms with E-state index in [0.717, 1.165) is 6.07 Å². The normalized spacial score (nSPS) is 10.4. The summed E-state index contributed by atoms with van der Waals surface area (Å²) in [4.78, 5) is 10.7. The number of carboxylic acids is 1. The lowest BCUT2D eigenvalue weighted by molar-refractivity contribution is 0.0652. The molecule has 2 rings (SSSR count). The van der Waals surface area contributed by atoms with Crippen molar-refractivity contribution in [3.8, 4) is 22.8 Å². The summed E-state index contributed by atoms with van der Waals surface area (Å²) in [5, 5.41) is 12.3. The number of aromatic carboxylic acids is 1. The minimum Gasteiger partial charge on any atom is -0.493 e. The first-order valence-electron chi connectivity index (χ1n) is 5.30. The third-order valence-corrected chi connectivity index (χ3v) is 3.26. The van der Waals surface area contributed by atoms with E-state index in [1.165, 1.54) is 20.3 Å². The van der Waals surface area contributed by atoms with Crippen molar-refractivity contribution in [1.29, 1.82) is 0 Å². The molecule has 1 aromatic heterocycles. The fourth-order valence-corrected chi connectivity index (χ4v) is 2.19. The molecule has 1 aromatic carbocycles. The van der Waals surface area contributed by atoms with Gasteiger partial charge in [-0.2, -0.15) is 0 Å². The lowest BCUT2D eigenvalue weighted by Crippen LogP contribution is -1.96. The van der Waals surface area contributed by atoms with E-state index in [1.54, 1.807) is 0 Å². The van der Waals surface area contributed by atoms with Crippen LogP contribution in [0.25, 0.3) is 11.3 Å². The van der Waals surface area contributed by atoms with Crippen LogP contribution in [0.1, 0.15) is 10.6 Å². The van der Waals surface area contributed by atoms with Crippen LogP contribution in [0.5, 0.6) is 11.5 Å². The Morgan fingerprint density at radius 3 is 2.60 bits per heavy atom. The first kappa shape index (κ1) is 14.3. The Hall–Kier alpha value is -2.09. The second-order valence-electron chi connectivity index (χ2n) is 3.67. The van der Waals surface area contributed by atoms with Crippen molar-refractivity contribution in [1.82, 2.24) is 5.16 Å². The average molecular weight is 346 g/mol. The number of rotatable bonds is 4. The van der Waals surface area contributed by atoms with Crippen molar-refractivity contribution in [2.24, 2.45) is 0 Å². The van der Waals surface area contributed by atoms with E-state index in [2.05, 4.69) is 25.6 Å². The quantitative estimate of drug-likeness (QED) is 0.917. The van der Waals surface area contributed by atoms with Gasteiger partial charge in [0.25, 0.3) is 0 Å². The molecule has 0 aliphatic heterocycles. The number of aromatic nitrogens is 1. The molecule has 0 spiro atoms. The van der Waals surface area contributed by atoms with Gasteiger partial charge >= 0.3 is 5.97 Å². The van der Waals surface area contributed by atoms with Crippen LogP contribution in [0.3, 0.4) is 0 Å². The third kappa shape index (κ3) is 2.34. The van der Waals surface area contributed by atoms with Gasteiger partial charge in [0.1, 0.15) is 5.69 Å². The van der Waals surface area contributed by atoms with Gasteiger partial charge < -0.3 is 19.1 Å². The number of ether oxygens (including phenoxy) is 2. The molecule has 0 radical (unpaired) electrons. The zero-order chi connectivity index (χ0) is 14.9. The van der Waals surface area contributed by atoms with Gasteiger partial charge in [0, 0.05) is 11.6 Å². The number of hydrogen-bond acceptors (Lipinski definition) is 5. The second kappa shape index (κ2) is 5.49. The van der Waals surface area contributed by atoms with Gasteiger partial charge in [-0.25, -0.2) is 9.18 Å². The van der Waals surface area contributed by atoms with Gasteiger partial charge in [-0.3, -0.25) is 0 Å². The van der Waals surface area contributed by atoms with E-state index < -0.39 is 11.8 Å². The van der Waals surface area contributed by atoms with E-state index >= 15 is 0 Å². The van der Waals surface area contributed by atoms with Gasteiger partial charge in [-0.1, -0.05) is 5.16 Å². The van der Waals surface area contributed by atoms with E-state index in [1.807, 2.05) is 0 Å². The molecule has 106 valence electrons. The van der Waals surface area contributed by atoms with Gasteiger partial charge in [0.15, 0.2) is 17.3 Å². The number of nitrogens with zero attached hydrogens (tertiary/aromatic N) is 1. The molecule has 20 heavy (non-hydrogen) atoms. The summed E-state index contributed by atoms with van der Waals surface area (Å²) in [6, 6.07) is 2.47. The Morgan fingerprint density at radius 1 is 1.40 bits per heavy atom. The van der Waals surface area contributed by atoms with Crippen molar-refractivity contribution in [2.75, 3.05) is 14.2 Å². The zero-order valence-electron chi connectivity index (χ0n) is 10.4. The fourth-order valence-electron chi connectivity index (χ4n) is 1.62. The van der Waals surface area contributed by atoms with Crippen LogP contribution < -0.4 is 9.47 Å². The Balaban J connectivity index is 2.61. The third-order valence-electron chi connectivity index (χ3n) is 2.55. The highest BCUT2D eigenvalue weighted by atomic mass is 79.9. The maximum Gasteiger partial charge on any atom is 0.374 e. The summed E-state index contributed by atoms with van der Waals surface area (Å²) in [5.41, 5.74) is 0.0762. The molecule has 0 aliphatic rings. The molecule has 2 aromatic rings. The summed E-state index contributed by atoms with van der Waals surface area (Å²) in [6.45, 7) is 0. The minimum atomic E-state index is -1.29. The lowest BCUT2D eigenvalue weighted by atomic mass is 10.1. The number of halogens is 2. The van der Waals surface area contributed by atoms with Gasteiger partial charge in [0.2, 0.25) is 5.76 Å². The highest BCUT2D eigenvalue weighted by Gasteiger charge is 2.22. The molecule has 0 unspecified atom stereocenters. The van der Waals surface area contributed by atoms with Gasteiger partial charge in [-0.05, 0) is 22.0 Å². The molecule has 8 heteroatoms. The van der Waals surface area contributed by atoms with Crippen LogP contribution in [-0.4, -0.2) is 30.5 Å². The number of hydrogen-bond donors (Lipinski definition) is 1. The van der Waals surface area contributed by atoms with Gasteiger partial charge in [0.05, 0.1) is 18.7 Å². The van der Waals surface area contributed by atoms with Crippen molar-refractivity contribution in [3.63, 3.8) is 0 Å². The number of methoxy groups -OCH3 is 2. The van der Waals surface area contributed by atoms with E-state index in [9.17, 15) is 9.18 Å². The fraction of sp³-hybridized carbons (Fsp3) is 0.167. The minimum absolute atomic E-state index is 0.0331. The molecular weight excluding hydrogens is 337 g/mol. The molecule has 0 bridgehead atoms. The largest absolute Gasteiger partial charge is 0.493 e. The standard InChI is InChI=1S/C12H9BrFNO5/c1-18-7-3-5(10(14)9(13)11(7)19-2)6-4-8(12(16)17)20-15-6/h3-4H,1-2H3,(H,16,17). The van der Waals surface area contributed by atoms with Crippen LogP contribution in [0.2, 0.25) is 0 Å². The van der Waals surface area contributed by atoms with Crippen molar-refractivity contribution >= 4 is 21.9 Å². The molecule has 0 fully saturated rings.